The lowest BCUT2D eigenvalue weighted by Gasteiger charge is -2.33. The molecule has 0 saturated carbocycles. The lowest BCUT2D eigenvalue weighted by molar-refractivity contribution is 0.0674. The van der Waals surface area contributed by atoms with E-state index in [0.717, 1.165) is 29.8 Å². The number of carbonyl (C=O) groups is 2. The third-order valence-electron chi connectivity index (χ3n) is 5.97. The van der Waals surface area contributed by atoms with Crippen molar-refractivity contribution in [2.45, 2.75) is 33.1 Å². The van der Waals surface area contributed by atoms with E-state index >= 15 is 0 Å². The molecule has 0 aliphatic carbocycles. The molecule has 8 nitrogen and oxygen atoms in total. The first-order valence-electron chi connectivity index (χ1n) is 11.4. The minimum atomic E-state index is -0.229. The first-order valence-corrected chi connectivity index (χ1v) is 11.4. The SMILES string of the molecule is CCc1c(C(=O)N2CCCC(CNC(=O)Nc3ccc(C)cc3)C2)cnn1-c1ccccn1. The highest BCUT2D eigenvalue weighted by atomic mass is 16.2. The smallest absolute Gasteiger partial charge is 0.319 e. The van der Waals surface area contributed by atoms with Gasteiger partial charge in [0.1, 0.15) is 0 Å². The molecule has 8 heteroatoms. The summed E-state index contributed by atoms with van der Waals surface area (Å²) in [6, 6.07) is 13.1. The molecular formula is C25H30N6O2. The summed E-state index contributed by atoms with van der Waals surface area (Å²) in [5.41, 5.74) is 3.38. The number of hydrogen-bond acceptors (Lipinski definition) is 4. The molecule has 1 aliphatic heterocycles. The van der Waals surface area contributed by atoms with E-state index in [1.54, 1.807) is 17.1 Å². The van der Waals surface area contributed by atoms with Crippen LogP contribution in [0, 0.1) is 12.8 Å². The summed E-state index contributed by atoms with van der Waals surface area (Å²) in [6.45, 7) is 5.87. The quantitative estimate of drug-likeness (QED) is 0.602. The Morgan fingerprint density at radius 3 is 2.70 bits per heavy atom. The van der Waals surface area contributed by atoms with Gasteiger partial charge in [-0.1, -0.05) is 30.7 Å². The van der Waals surface area contributed by atoms with Crippen LogP contribution in [0.15, 0.2) is 54.9 Å². The van der Waals surface area contributed by atoms with Crippen LogP contribution in [0.2, 0.25) is 0 Å². The van der Waals surface area contributed by atoms with E-state index in [4.69, 9.17) is 0 Å². The largest absolute Gasteiger partial charge is 0.338 e. The summed E-state index contributed by atoms with van der Waals surface area (Å²) in [4.78, 5) is 31.8. The molecule has 3 aromatic rings. The second-order valence-electron chi connectivity index (χ2n) is 8.42. The van der Waals surface area contributed by atoms with Crippen LogP contribution in [-0.4, -0.2) is 51.2 Å². The molecule has 2 aromatic heterocycles. The Balaban J connectivity index is 1.36. The Hall–Kier alpha value is -3.68. The van der Waals surface area contributed by atoms with Gasteiger partial charge in [0.2, 0.25) is 0 Å². The van der Waals surface area contributed by atoms with Crippen molar-refractivity contribution >= 4 is 17.6 Å². The Morgan fingerprint density at radius 1 is 1.15 bits per heavy atom. The number of pyridine rings is 1. The molecule has 3 amide bonds. The number of likely N-dealkylation sites (tertiary alicyclic amines) is 1. The van der Waals surface area contributed by atoms with E-state index in [1.807, 2.05) is 61.2 Å². The van der Waals surface area contributed by atoms with Gasteiger partial charge in [0.05, 0.1) is 17.5 Å². The maximum Gasteiger partial charge on any atom is 0.319 e. The van der Waals surface area contributed by atoms with E-state index in [9.17, 15) is 9.59 Å². The van der Waals surface area contributed by atoms with Crippen molar-refractivity contribution in [2.24, 2.45) is 5.92 Å². The molecule has 1 aromatic carbocycles. The van der Waals surface area contributed by atoms with E-state index in [2.05, 4.69) is 20.7 Å². The fourth-order valence-electron chi connectivity index (χ4n) is 4.20. The van der Waals surface area contributed by atoms with E-state index in [-0.39, 0.29) is 17.9 Å². The average molecular weight is 447 g/mol. The monoisotopic (exact) mass is 446 g/mol. The highest BCUT2D eigenvalue weighted by molar-refractivity contribution is 5.95. The number of nitrogens with one attached hydrogen (secondary N) is 2. The van der Waals surface area contributed by atoms with Gasteiger partial charge < -0.3 is 15.5 Å². The molecule has 3 heterocycles. The van der Waals surface area contributed by atoms with Gasteiger partial charge in [0.25, 0.3) is 5.91 Å². The van der Waals surface area contributed by atoms with Crippen molar-refractivity contribution in [3.05, 3.63) is 71.7 Å². The molecule has 172 valence electrons. The van der Waals surface area contributed by atoms with Crippen LogP contribution in [0.5, 0.6) is 0 Å². The average Bonchev–Trinajstić information content (AvgIpc) is 3.28. The Bertz CT molecular complexity index is 1090. The van der Waals surface area contributed by atoms with Crippen LogP contribution in [0.1, 0.15) is 41.4 Å². The third-order valence-corrected chi connectivity index (χ3v) is 5.97. The summed E-state index contributed by atoms with van der Waals surface area (Å²) in [7, 11) is 0. The van der Waals surface area contributed by atoms with Crippen LogP contribution in [0.3, 0.4) is 0 Å². The molecule has 1 fully saturated rings. The maximum absolute atomic E-state index is 13.3. The summed E-state index contributed by atoms with van der Waals surface area (Å²) in [5, 5.41) is 10.2. The van der Waals surface area contributed by atoms with Crippen molar-refractivity contribution in [3.63, 3.8) is 0 Å². The molecule has 0 bridgehead atoms. The van der Waals surface area contributed by atoms with Crippen molar-refractivity contribution in [3.8, 4) is 5.82 Å². The number of aromatic nitrogens is 3. The number of benzene rings is 1. The number of piperidine rings is 1. The summed E-state index contributed by atoms with van der Waals surface area (Å²) in [6.07, 6.45) is 5.92. The van der Waals surface area contributed by atoms with Gasteiger partial charge >= 0.3 is 6.03 Å². The van der Waals surface area contributed by atoms with Crippen LogP contribution in [0.25, 0.3) is 5.82 Å². The zero-order valence-electron chi connectivity index (χ0n) is 19.1. The van der Waals surface area contributed by atoms with Crippen molar-refractivity contribution in [1.82, 2.24) is 25.0 Å². The predicted molar refractivity (Wildman–Crippen MR) is 128 cm³/mol. The van der Waals surface area contributed by atoms with E-state index < -0.39 is 0 Å². The minimum Gasteiger partial charge on any atom is -0.338 e. The molecule has 0 spiro atoms. The summed E-state index contributed by atoms with van der Waals surface area (Å²) < 4.78 is 1.74. The third kappa shape index (κ3) is 5.39. The van der Waals surface area contributed by atoms with Gasteiger partial charge in [-0.15, -0.1) is 0 Å². The van der Waals surface area contributed by atoms with Crippen molar-refractivity contribution in [1.29, 1.82) is 0 Å². The van der Waals surface area contributed by atoms with Crippen LogP contribution >= 0.6 is 0 Å². The van der Waals surface area contributed by atoms with Gasteiger partial charge in [-0.25, -0.2) is 14.5 Å². The molecule has 1 unspecified atom stereocenters. The first kappa shape index (κ1) is 22.5. The van der Waals surface area contributed by atoms with Gasteiger partial charge in [0, 0.05) is 31.5 Å². The highest BCUT2D eigenvalue weighted by Crippen LogP contribution is 2.21. The summed E-state index contributed by atoms with van der Waals surface area (Å²) in [5.74, 6) is 0.902. The fourth-order valence-corrected chi connectivity index (χ4v) is 4.20. The number of rotatable bonds is 6. The van der Waals surface area contributed by atoms with Crippen LogP contribution in [-0.2, 0) is 6.42 Å². The predicted octanol–water partition coefficient (Wildman–Crippen LogP) is 3.81. The number of urea groups is 1. The maximum atomic E-state index is 13.3. The molecule has 0 radical (unpaired) electrons. The molecule has 1 saturated heterocycles. The number of carbonyl (C=O) groups excluding carboxylic acids is 2. The molecule has 1 atom stereocenters. The normalized spacial score (nSPS) is 15.8. The zero-order chi connectivity index (χ0) is 23.2. The van der Waals surface area contributed by atoms with Crippen LogP contribution in [0.4, 0.5) is 10.5 Å². The first-order chi connectivity index (χ1) is 16.0. The van der Waals surface area contributed by atoms with E-state index in [1.165, 1.54) is 0 Å². The standard InChI is InChI=1S/C25H30N6O2/c1-3-22-21(16-28-31(22)23-8-4-5-13-26-23)24(32)30-14-6-7-19(17-30)15-27-25(33)29-20-11-9-18(2)10-12-20/h4-5,8-13,16,19H,3,6-7,14-15,17H2,1-2H3,(H2,27,29,33). The lowest BCUT2D eigenvalue weighted by atomic mass is 9.97. The zero-order valence-corrected chi connectivity index (χ0v) is 19.1. The molecule has 2 N–H and O–H groups in total. The van der Waals surface area contributed by atoms with E-state index in [0.29, 0.717) is 37.4 Å². The number of aryl methyl sites for hydroxylation is 1. The van der Waals surface area contributed by atoms with Gasteiger partial charge in [-0.3, -0.25) is 4.79 Å². The number of anilines is 1. The molecular weight excluding hydrogens is 416 g/mol. The van der Waals surface area contributed by atoms with Crippen molar-refractivity contribution in [2.75, 3.05) is 25.0 Å². The Morgan fingerprint density at radius 2 is 1.97 bits per heavy atom. The van der Waals surface area contributed by atoms with Crippen LogP contribution < -0.4 is 10.6 Å². The summed E-state index contributed by atoms with van der Waals surface area (Å²) >= 11 is 0. The van der Waals surface area contributed by atoms with Gasteiger partial charge in [0.15, 0.2) is 5.82 Å². The second-order valence-corrected chi connectivity index (χ2v) is 8.42. The van der Waals surface area contributed by atoms with Gasteiger partial charge in [-0.05, 0) is 56.4 Å². The Kier molecular flexibility index (Phi) is 7.02. The minimum absolute atomic E-state index is 0.0113. The molecule has 4 rings (SSSR count). The van der Waals surface area contributed by atoms with Crippen molar-refractivity contribution < 1.29 is 9.59 Å². The number of nitrogens with zero attached hydrogens (tertiary/aromatic N) is 4. The lowest BCUT2D eigenvalue weighted by Crippen LogP contribution is -2.44. The topological polar surface area (TPSA) is 92.2 Å². The molecule has 1 aliphatic rings. The second kappa shape index (κ2) is 10.3. The van der Waals surface area contributed by atoms with Gasteiger partial charge in [-0.2, -0.15) is 5.10 Å². The fraction of sp³-hybridized carbons (Fsp3) is 0.360. The molecule has 33 heavy (non-hydrogen) atoms. The number of hydrogen-bond donors (Lipinski definition) is 2. The Labute approximate surface area is 194 Å². The highest BCUT2D eigenvalue weighted by Gasteiger charge is 2.28. The number of amides is 3.